The van der Waals surface area contributed by atoms with E-state index in [9.17, 15) is 14.7 Å². The Bertz CT molecular complexity index is 832. The molecule has 0 spiro atoms. The maximum atomic E-state index is 12.7. The summed E-state index contributed by atoms with van der Waals surface area (Å²) < 4.78 is 0. The summed E-state index contributed by atoms with van der Waals surface area (Å²) in [4.78, 5) is 32.8. The Morgan fingerprint density at radius 1 is 1.12 bits per heavy atom. The summed E-state index contributed by atoms with van der Waals surface area (Å²) in [5.41, 5.74) is 1.37. The zero-order valence-electron chi connectivity index (χ0n) is 14.8. The van der Waals surface area contributed by atoms with Crippen LogP contribution in [0, 0.1) is 0 Å². The van der Waals surface area contributed by atoms with E-state index in [-0.39, 0.29) is 11.3 Å². The van der Waals surface area contributed by atoms with E-state index in [4.69, 9.17) is 0 Å². The van der Waals surface area contributed by atoms with Gasteiger partial charge in [-0.1, -0.05) is 30.3 Å². The Balaban J connectivity index is 2.12. The van der Waals surface area contributed by atoms with Crippen molar-refractivity contribution in [3.63, 3.8) is 0 Å². The predicted octanol–water partition coefficient (Wildman–Crippen LogP) is 2.06. The smallest absolute Gasteiger partial charge is 0.295 e. The summed E-state index contributed by atoms with van der Waals surface area (Å²) in [7, 11) is 3.82. The van der Waals surface area contributed by atoms with Gasteiger partial charge in [0.15, 0.2) is 0 Å². The molecular formula is C20H21N3O3. The summed E-state index contributed by atoms with van der Waals surface area (Å²) >= 11 is 0. The number of benzene rings is 1. The van der Waals surface area contributed by atoms with E-state index in [1.807, 2.05) is 49.3 Å². The maximum Gasteiger partial charge on any atom is 0.295 e. The van der Waals surface area contributed by atoms with Gasteiger partial charge in [0, 0.05) is 31.0 Å². The van der Waals surface area contributed by atoms with Crippen molar-refractivity contribution in [1.29, 1.82) is 0 Å². The topological polar surface area (TPSA) is 73.7 Å². The number of Topliss-reactive ketones (excluding diaryl/α,β-unsaturated/α-hetero) is 1. The summed E-state index contributed by atoms with van der Waals surface area (Å²) in [6.45, 7) is 1.01. The van der Waals surface area contributed by atoms with E-state index in [0.29, 0.717) is 18.7 Å². The largest absolute Gasteiger partial charge is 0.507 e. The Labute approximate surface area is 152 Å². The van der Waals surface area contributed by atoms with Crippen molar-refractivity contribution >= 4 is 17.4 Å². The molecule has 0 bridgehead atoms. The van der Waals surface area contributed by atoms with Gasteiger partial charge in [0.1, 0.15) is 5.76 Å². The SMILES string of the molecule is CN(C)CCN1C(=O)C(=O)/C(=C(/O)c2ccncc2)C1c1ccccc1. The van der Waals surface area contributed by atoms with Gasteiger partial charge in [-0.15, -0.1) is 0 Å². The quantitative estimate of drug-likeness (QED) is 0.507. The number of rotatable bonds is 5. The van der Waals surface area contributed by atoms with Crippen LogP contribution in [0.15, 0.2) is 60.4 Å². The number of nitrogens with zero attached hydrogens (tertiary/aromatic N) is 3. The lowest BCUT2D eigenvalue weighted by molar-refractivity contribution is -0.140. The highest BCUT2D eigenvalue weighted by Crippen LogP contribution is 2.38. The van der Waals surface area contributed by atoms with Crippen LogP contribution < -0.4 is 0 Å². The van der Waals surface area contributed by atoms with Crippen molar-refractivity contribution < 1.29 is 14.7 Å². The standard InChI is InChI=1S/C20H21N3O3/c1-22(2)12-13-23-17(14-6-4-3-5-7-14)16(19(25)20(23)26)18(24)15-8-10-21-11-9-15/h3-11,17,24H,12-13H2,1-2H3/b18-16+. The highest BCUT2D eigenvalue weighted by atomic mass is 16.3. The first kappa shape index (κ1) is 17.8. The third-order valence-corrected chi connectivity index (χ3v) is 4.40. The van der Waals surface area contributed by atoms with Crippen LogP contribution in [0.1, 0.15) is 17.2 Å². The Hall–Kier alpha value is -2.99. The first-order valence-corrected chi connectivity index (χ1v) is 8.39. The second-order valence-corrected chi connectivity index (χ2v) is 6.44. The number of ketones is 1. The third-order valence-electron chi connectivity index (χ3n) is 4.40. The molecule has 0 radical (unpaired) electrons. The molecule has 134 valence electrons. The van der Waals surface area contributed by atoms with Gasteiger partial charge in [-0.25, -0.2) is 0 Å². The van der Waals surface area contributed by atoms with Crippen LogP contribution >= 0.6 is 0 Å². The molecule has 6 heteroatoms. The van der Waals surface area contributed by atoms with Crippen LogP contribution in [0.4, 0.5) is 0 Å². The van der Waals surface area contributed by atoms with E-state index in [2.05, 4.69) is 4.98 Å². The zero-order valence-corrected chi connectivity index (χ0v) is 14.8. The molecule has 1 unspecified atom stereocenters. The molecule has 1 fully saturated rings. The maximum absolute atomic E-state index is 12.7. The normalized spacial score (nSPS) is 19.3. The molecule has 2 heterocycles. The van der Waals surface area contributed by atoms with Crippen molar-refractivity contribution in [1.82, 2.24) is 14.8 Å². The minimum Gasteiger partial charge on any atom is -0.507 e. The number of aromatic nitrogens is 1. The van der Waals surface area contributed by atoms with Gasteiger partial charge >= 0.3 is 0 Å². The van der Waals surface area contributed by atoms with Gasteiger partial charge in [-0.3, -0.25) is 14.6 Å². The van der Waals surface area contributed by atoms with Gasteiger partial charge in [0.25, 0.3) is 11.7 Å². The summed E-state index contributed by atoms with van der Waals surface area (Å²) in [5, 5.41) is 10.8. The number of amides is 1. The van der Waals surface area contributed by atoms with Crippen LogP contribution in [-0.2, 0) is 9.59 Å². The predicted molar refractivity (Wildman–Crippen MR) is 98.2 cm³/mol. The minimum atomic E-state index is -0.660. The third kappa shape index (κ3) is 3.36. The Morgan fingerprint density at radius 3 is 2.38 bits per heavy atom. The summed E-state index contributed by atoms with van der Waals surface area (Å²) in [6, 6.07) is 11.9. The molecule has 1 aromatic carbocycles. The molecule has 1 atom stereocenters. The van der Waals surface area contributed by atoms with Crippen molar-refractivity contribution in [3.05, 3.63) is 71.6 Å². The average Bonchev–Trinajstić information content (AvgIpc) is 2.91. The molecule has 0 aliphatic carbocycles. The van der Waals surface area contributed by atoms with E-state index in [1.165, 1.54) is 17.3 Å². The summed E-state index contributed by atoms with van der Waals surface area (Å²) in [6.07, 6.45) is 3.07. The van der Waals surface area contributed by atoms with Crippen LogP contribution in [0.3, 0.4) is 0 Å². The highest BCUT2D eigenvalue weighted by molar-refractivity contribution is 6.46. The van der Waals surface area contributed by atoms with Gasteiger partial charge < -0.3 is 14.9 Å². The molecule has 1 amide bonds. The molecule has 1 aliphatic heterocycles. The van der Waals surface area contributed by atoms with Crippen LogP contribution in [-0.4, -0.2) is 58.8 Å². The Morgan fingerprint density at radius 2 is 1.77 bits per heavy atom. The molecule has 1 N–H and O–H groups in total. The minimum absolute atomic E-state index is 0.117. The number of likely N-dealkylation sites (N-methyl/N-ethyl adjacent to an activating group) is 1. The lowest BCUT2D eigenvalue weighted by Gasteiger charge is -2.26. The molecule has 0 saturated carbocycles. The van der Waals surface area contributed by atoms with E-state index in [0.717, 1.165) is 5.56 Å². The fraction of sp³-hybridized carbons (Fsp3) is 0.250. The van der Waals surface area contributed by atoms with Gasteiger partial charge in [0.2, 0.25) is 0 Å². The lowest BCUT2D eigenvalue weighted by Crippen LogP contribution is -2.35. The van der Waals surface area contributed by atoms with Crippen molar-refractivity contribution in [2.75, 3.05) is 27.2 Å². The van der Waals surface area contributed by atoms with Crippen molar-refractivity contribution in [3.8, 4) is 0 Å². The molecule has 3 rings (SSSR count). The van der Waals surface area contributed by atoms with Crippen LogP contribution in [0.2, 0.25) is 0 Å². The van der Waals surface area contributed by atoms with E-state index >= 15 is 0 Å². The molecule has 1 saturated heterocycles. The molecule has 1 aromatic heterocycles. The number of likely N-dealkylation sites (tertiary alicyclic amines) is 1. The molecular weight excluding hydrogens is 330 g/mol. The zero-order chi connectivity index (χ0) is 18.7. The molecule has 6 nitrogen and oxygen atoms in total. The number of carbonyl (C=O) groups excluding carboxylic acids is 2. The van der Waals surface area contributed by atoms with E-state index < -0.39 is 17.7 Å². The number of aliphatic hydroxyl groups excluding tert-OH is 1. The van der Waals surface area contributed by atoms with Gasteiger partial charge in [-0.05, 0) is 31.8 Å². The van der Waals surface area contributed by atoms with Gasteiger partial charge in [-0.2, -0.15) is 0 Å². The highest BCUT2D eigenvalue weighted by Gasteiger charge is 2.45. The number of carbonyl (C=O) groups is 2. The lowest BCUT2D eigenvalue weighted by atomic mass is 9.95. The second-order valence-electron chi connectivity index (χ2n) is 6.44. The van der Waals surface area contributed by atoms with Crippen LogP contribution in [0.25, 0.3) is 5.76 Å². The number of hydrogen-bond donors (Lipinski definition) is 1. The molecule has 1 aliphatic rings. The summed E-state index contributed by atoms with van der Waals surface area (Å²) in [5.74, 6) is -1.42. The van der Waals surface area contributed by atoms with Crippen LogP contribution in [0.5, 0.6) is 0 Å². The monoisotopic (exact) mass is 351 g/mol. The Kier molecular flexibility index (Phi) is 5.14. The van der Waals surface area contributed by atoms with Gasteiger partial charge in [0.05, 0.1) is 11.6 Å². The first-order chi connectivity index (χ1) is 12.5. The van der Waals surface area contributed by atoms with Crippen molar-refractivity contribution in [2.45, 2.75) is 6.04 Å². The fourth-order valence-corrected chi connectivity index (χ4v) is 3.07. The number of pyridine rings is 1. The fourth-order valence-electron chi connectivity index (χ4n) is 3.07. The van der Waals surface area contributed by atoms with E-state index in [1.54, 1.807) is 12.1 Å². The second kappa shape index (κ2) is 7.49. The first-order valence-electron chi connectivity index (χ1n) is 8.39. The van der Waals surface area contributed by atoms with Crippen molar-refractivity contribution in [2.24, 2.45) is 0 Å². The molecule has 26 heavy (non-hydrogen) atoms. The number of hydrogen-bond acceptors (Lipinski definition) is 5. The number of aliphatic hydroxyl groups is 1. The molecule has 2 aromatic rings. The average molecular weight is 351 g/mol.